The van der Waals surface area contributed by atoms with Crippen molar-refractivity contribution in [1.82, 2.24) is 19.9 Å². The van der Waals surface area contributed by atoms with Crippen molar-refractivity contribution in [2.75, 3.05) is 0 Å². The fourth-order valence-corrected chi connectivity index (χ4v) is 3.56. The molecule has 0 saturated carbocycles. The Kier molecular flexibility index (Phi) is 6.20. The molecule has 0 bridgehead atoms. The van der Waals surface area contributed by atoms with Gasteiger partial charge in [-0.3, -0.25) is 4.79 Å². The van der Waals surface area contributed by atoms with Gasteiger partial charge in [0.2, 0.25) is 5.91 Å². The van der Waals surface area contributed by atoms with Gasteiger partial charge in [-0.05, 0) is 54.4 Å². The van der Waals surface area contributed by atoms with Crippen LogP contribution in [-0.2, 0) is 17.8 Å². The number of nitrogens with one attached hydrogen (secondary N) is 1. The molecule has 0 radical (unpaired) electrons. The predicted molar refractivity (Wildman–Crippen MR) is 114 cm³/mol. The Morgan fingerprint density at radius 1 is 1.06 bits per heavy atom. The first-order valence-electron chi connectivity index (χ1n) is 10.2. The molecule has 4 rings (SSSR count). The van der Waals surface area contributed by atoms with E-state index in [1.807, 2.05) is 13.0 Å². The molecule has 0 saturated heterocycles. The van der Waals surface area contributed by atoms with Crippen LogP contribution in [0.2, 0.25) is 0 Å². The number of fused-ring (bicyclic) bond motifs is 1. The Balaban J connectivity index is 1.49. The zero-order valence-electron chi connectivity index (χ0n) is 17.4. The topological polar surface area (TPSA) is 59.8 Å². The van der Waals surface area contributed by atoms with Crippen molar-refractivity contribution in [3.8, 4) is 0 Å². The third-order valence-electron chi connectivity index (χ3n) is 5.23. The van der Waals surface area contributed by atoms with Gasteiger partial charge in [-0.2, -0.15) is 0 Å². The van der Waals surface area contributed by atoms with E-state index in [2.05, 4.69) is 15.3 Å². The van der Waals surface area contributed by atoms with Gasteiger partial charge >= 0.3 is 0 Å². The number of hydrogen-bond donors (Lipinski definition) is 1. The van der Waals surface area contributed by atoms with Crippen LogP contribution in [0.1, 0.15) is 36.3 Å². The molecule has 0 aliphatic heterocycles. The highest BCUT2D eigenvalue weighted by atomic mass is 19.2. The van der Waals surface area contributed by atoms with Crippen molar-refractivity contribution in [3.05, 3.63) is 95.2 Å². The van der Waals surface area contributed by atoms with E-state index in [-0.39, 0.29) is 30.7 Å². The summed E-state index contributed by atoms with van der Waals surface area (Å²) >= 11 is 0. The molecular weight excluding hydrogens is 417 g/mol. The predicted octanol–water partition coefficient (Wildman–Crippen LogP) is 4.71. The van der Waals surface area contributed by atoms with E-state index >= 15 is 0 Å². The molecule has 1 N–H and O–H groups in total. The van der Waals surface area contributed by atoms with Crippen molar-refractivity contribution in [2.45, 2.75) is 32.4 Å². The summed E-state index contributed by atoms with van der Waals surface area (Å²) in [5.41, 5.74) is 2.62. The van der Waals surface area contributed by atoms with E-state index in [0.29, 0.717) is 29.0 Å². The van der Waals surface area contributed by atoms with E-state index in [0.717, 1.165) is 17.7 Å². The number of amides is 1. The molecule has 8 heteroatoms. The number of halogens is 3. The Morgan fingerprint density at radius 3 is 2.59 bits per heavy atom. The second-order valence-corrected chi connectivity index (χ2v) is 7.55. The van der Waals surface area contributed by atoms with Gasteiger partial charge in [-0.1, -0.05) is 18.2 Å². The quantitative estimate of drug-likeness (QED) is 0.455. The van der Waals surface area contributed by atoms with Gasteiger partial charge in [0.15, 0.2) is 17.3 Å². The lowest BCUT2D eigenvalue weighted by atomic mass is 10.1. The van der Waals surface area contributed by atoms with E-state index in [1.165, 1.54) is 18.2 Å². The van der Waals surface area contributed by atoms with Crippen LogP contribution in [0.3, 0.4) is 0 Å². The lowest BCUT2D eigenvalue weighted by molar-refractivity contribution is -0.121. The normalized spacial score (nSPS) is 12.1. The van der Waals surface area contributed by atoms with Crippen LogP contribution < -0.4 is 5.32 Å². The third kappa shape index (κ3) is 4.80. The molecule has 1 unspecified atom stereocenters. The average molecular weight is 438 g/mol. The molecule has 0 spiro atoms. The number of imidazole rings is 1. The molecule has 2 aromatic carbocycles. The van der Waals surface area contributed by atoms with Gasteiger partial charge in [-0.25, -0.2) is 23.1 Å². The molecule has 32 heavy (non-hydrogen) atoms. The van der Waals surface area contributed by atoms with Gasteiger partial charge in [-0.15, -0.1) is 0 Å². The number of benzene rings is 2. The van der Waals surface area contributed by atoms with Gasteiger partial charge in [0, 0.05) is 19.0 Å². The molecule has 1 amide bonds. The van der Waals surface area contributed by atoms with Crippen molar-refractivity contribution in [2.24, 2.45) is 0 Å². The fraction of sp³-hybridized carbons (Fsp3) is 0.208. The van der Waals surface area contributed by atoms with Crippen LogP contribution >= 0.6 is 0 Å². The van der Waals surface area contributed by atoms with Crippen LogP contribution in [0.4, 0.5) is 13.2 Å². The van der Waals surface area contributed by atoms with Crippen LogP contribution in [0, 0.1) is 17.5 Å². The first kappa shape index (κ1) is 21.5. The summed E-state index contributed by atoms with van der Waals surface area (Å²) in [7, 11) is 0. The Labute approximate surface area is 182 Å². The SMILES string of the molecule is CC(NC(=O)CCc1nc2cccnc2n1Cc1ccc(F)c(F)c1)c1ccc(F)cc1. The third-order valence-corrected chi connectivity index (χ3v) is 5.23. The highest BCUT2D eigenvalue weighted by Crippen LogP contribution is 2.19. The monoisotopic (exact) mass is 438 g/mol. The lowest BCUT2D eigenvalue weighted by Gasteiger charge is -2.14. The highest BCUT2D eigenvalue weighted by molar-refractivity contribution is 5.77. The second kappa shape index (κ2) is 9.21. The molecule has 0 aliphatic carbocycles. The summed E-state index contributed by atoms with van der Waals surface area (Å²) in [6.45, 7) is 2.07. The highest BCUT2D eigenvalue weighted by Gasteiger charge is 2.16. The maximum absolute atomic E-state index is 13.7. The summed E-state index contributed by atoms with van der Waals surface area (Å²) in [6.07, 6.45) is 2.14. The summed E-state index contributed by atoms with van der Waals surface area (Å²) in [6, 6.07) is 13.0. The van der Waals surface area contributed by atoms with Crippen molar-refractivity contribution < 1.29 is 18.0 Å². The molecule has 0 fully saturated rings. The van der Waals surface area contributed by atoms with Crippen LogP contribution in [0.25, 0.3) is 11.2 Å². The molecule has 5 nitrogen and oxygen atoms in total. The number of carbonyl (C=O) groups is 1. The molecule has 0 aliphatic rings. The zero-order chi connectivity index (χ0) is 22.7. The van der Waals surface area contributed by atoms with Gasteiger partial charge in [0.05, 0.1) is 12.6 Å². The van der Waals surface area contributed by atoms with Crippen molar-refractivity contribution in [3.63, 3.8) is 0 Å². The van der Waals surface area contributed by atoms with E-state index < -0.39 is 11.6 Å². The molecule has 2 aromatic heterocycles. The van der Waals surface area contributed by atoms with Crippen molar-refractivity contribution >= 4 is 17.1 Å². The number of pyridine rings is 1. The largest absolute Gasteiger partial charge is 0.350 e. The number of hydrogen-bond acceptors (Lipinski definition) is 3. The van der Waals surface area contributed by atoms with E-state index in [9.17, 15) is 18.0 Å². The summed E-state index contributed by atoms with van der Waals surface area (Å²) < 4.78 is 41.9. The standard InChI is InChI=1S/C24H21F3N4O/c1-15(17-5-7-18(25)8-6-17)29-23(32)11-10-22-30-21-3-2-12-28-24(21)31(22)14-16-4-9-19(26)20(27)13-16/h2-9,12-13,15H,10-11,14H2,1H3,(H,29,32). The summed E-state index contributed by atoms with van der Waals surface area (Å²) in [5.74, 6) is -1.72. The maximum atomic E-state index is 13.7. The Bertz CT molecular complexity index is 1250. The van der Waals surface area contributed by atoms with Crippen LogP contribution in [0.5, 0.6) is 0 Å². The Morgan fingerprint density at radius 2 is 1.84 bits per heavy atom. The smallest absolute Gasteiger partial charge is 0.220 e. The molecule has 4 aromatic rings. The first-order valence-corrected chi connectivity index (χ1v) is 10.2. The van der Waals surface area contributed by atoms with Crippen molar-refractivity contribution in [1.29, 1.82) is 0 Å². The number of rotatable bonds is 7. The molecule has 2 heterocycles. The molecule has 1 atom stereocenters. The van der Waals surface area contributed by atoms with E-state index in [4.69, 9.17) is 0 Å². The minimum atomic E-state index is -0.921. The minimum absolute atomic E-state index is 0.173. The fourth-order valence-electron chi connectivity index (χ4n) is 3.56. The second-order valence-electron chi connectivity index (χ2n) is 7.55. The van der Waals surface area contributed by atoms with E-state index in [1.54, 1.807) is 29.0 Å². The summed E-state index contributed by atoms with van der Waals surface area (Å²) in [4.78, 5) is 21.4. The average Bonchev–Trinajstić information content (AvgIpc) is 3.12. The number of aryl methyl sites for hydroxylation is 1. The number of carbonyl (C=O) groups excluding carboxylic acids is 1. The first-order chi connectivity index (χ1) is 15.4. The lowest BCUT2D eigenvalue weighted by Crippen LogP contribution is -2.27. The molecule has 164 valence electrons. The van der Waals surface area contributed by atoms with Crippen LogP contribution in [-0.4, -0.2) is 20.4 Å². The number of aromatic nitrogens is 3. The van der Waals surface area contributed by atoms with Crippen LogP contribution in [0.15, 0.2) is 60.8 Å². The Hall–Kier alpha value is -3.68. The maximum Gasteiger partial charge on any atom is 0.220 e. The van der Waals surface area contributed by atoms with Gasteiger partial charge in [0.25, 0.3) is 0 Å². The van der Waals surface area contributed by atoms with Gasteiger partial charge < -0.3 is 9.88 Å². The molecular formula is C24H21F3N4O. The number of nitrogens with zero attached hydrogens (tertiary/aromatic N) is 3. The summed E-state index contributed by atoms with van der Waals surface area (Å²) in [5, 5.41) is 2.90. The minimum Gasteiger partial charge on any atom is -0.350 e. The van der Waals surface area contributed by atoms with Gasteiger partial charge in [0.1, 0.15) is 17.2 Å². The zero-order valence-corrected chi connectivity index (χ0v) is 17.4.